The lowest BCUT2D eigenvalue weighted by Crippen LogP contribution is -2.28. The van der Waals surface area contributed by atoms with Gasteiger partial charge in [0.05, 0.1) is 12.0 Å². The van der Waals surface area contributed by atoms with E-state index in [0.717, 1.165) is 25.7 Å². The van der Waals surface area contributed by atoms with Crippen LogP contribution in [0.25, 0.3) is 0 Å². The van der Waals surface area contributed by atoms with Gasteiger partial charge >= 0.3 is 0 Å². The van der Waals surface area contributed by atoms with Crippen molar-refractivity contribution in [3.8, 4) is 5.75 Å². The van der Waals surface area contributed by atoms with Crippen molar-refractivity contribution in [2.45, 2.75) is 35.5 Å². The lowest BCUT2D eigenvalue weighted by molar-refractivity contribution is 0.102. The summed E-state index contributed by atoms with van der Waals surface area (Å²) in [6.07, 6.45) is 3.30. The lowest BCUT2D eigenvalue weighted by Gasteiger charge is -2.18. The number of hydrogen-bond donors (Lipinski definition) is 1. The first kappa shape index (κ1) is 23.7. The Kier molecular flexibility index (Phi) is 6.76. The number of rotatable bonds is 7. The Hall–Kier alpha value is -2.47. The van der Waals surface area contributed by atoms with Gasteiger partial charge < -0.3 is 10.1 Å². The van der Waals surface area contributed by atoms with E-state index < -0.39 is 26.0 Å². The third-order valence-corrected chi connectivity index (χ3v) is 9.76. The fourth-order valence-corrected chi connectivity index (χ4v) is 7.29. The number of anilines is 1. The average Bonchev–Trinajstić information content (AvgIpc) is 3.54. The Morgan fingerprint density at radius 2 is 1.36 bits per heavy atom. The minimum atomic E-state index is -3.78. The van der Waals surface area contributed by atoms with Gasteiger partial charge in [0.15, 0.2) is 0 Å². The summed E-state index contributed by atoms with van der Waals surface area (Å²) in [5.74, 6) is -0.333. The summed E-state index contributed by atoms with van der Waals surface area (Å²) in [6.45, 7) is 1.91. The predicted molar refractivity (Wildman–Crippen MR) is 123 cm³/mol. The van der Waals surface area contributed by atoms with Crippen LogP contribution in [0.4, 0.5) is 5.69 Å². The van der Waals surface area contributed by atoms with Gasteiger partial charge in [-0.15, -0.1) is 0 Å². The number of methoxy groups -OCH3 is 1. The second-order valence-electron chi connectivity index (χ2n) is 8.07. The zero-order valence-electron chi connectivity index (χ0n) is 18.4. The molecule has 1 N–H and O–H groups in total. The molecule has 1 amide bonds. The summed E-state index contributed by atoms with van der Waals surface area (Å²) < 4.78 is 59.5. The Labute approximate surface area is 194 Å². The van der Waals surface area contributed by atoms with Gasteiger partial charge in [0, 0.05) is 37.4 Å². The molecule has 0 spiro atoms. The molecule has 0 radical (unpaired) electrons. The third kappa shape index (κ3) is 4.77. The zero-order chi connectivity index (χ0) is 23.6. The molecule has 0 aromatic heterocycles. The van der Waals surface area contributed by atoms with Crippen molar-refractivity contribution in [2.75, 3.05) is 38.6 Å². The Morgan fingerprint density at radius 1 is 0.818 bits per heavy atom. The van der Waals surface area contributed by atoms with Crippen LogP contribution in [0.1, 0.15) is 36.0 Å². The van der Waals surface area contributed by atoms with Crippen LogP contribution in [-0.2, 0) is 20.0 Å². The average molecular weight is 494 g/mol. The van der Waals surface area contributed by atoms with E-state index in [1.54, 1.807) is 0 Å². The van der Waals surface area contributed by atoms with Gasteiger partial charge in [-0.3, -0.25) is 4.79 Å². The molecule has 0 atom stereocenters. The van der Waals surface area contributed by atoms with Gasteiger partial charge in [-0.2, -0.15) is 8.61 Å². The minimum Gasteiger partial charge on any atom is -0.495 e. The SMILES string of the molecule is COc1ccc(C(=O)Nc2ccc(S(=O)(=O)N3CCCC3)cc2)cc1S(=O)(=O)N1CCCC1. The Bertz CT molecular complexity index is 1230. The molecule has 0 aliphatic carbocycles. The highest BCUT2D eigenvalue weighted by Gasteiger charge is 2.31. The van der Waals surface area contributed by atoms with Crippen molar-refractivity contribution in [1.29, 1.82) is 0 Å². The molecular formula is C22H27N3O6S2. The lowest BCUT2D eigenvalue weighted by atomic mass is 10.2. The van der Waals surface area contributed by atoms with Crippen LogP contribution >= 0.6 is 0 Å². The monoisotopic (exact) mass is 493 g/mol. The van der Waals surface area contributed by atoms with Gasteiger partial charge in [-0.25, -0.2) is 16.8 Å². The van der Waals surface area contributed by atoms with E-state index in [2.05, 4.69) is 5.32 Å². The molecule has 2 aliphatic rings. The smallest absolute Gasteiger partial charge is 0.255 e. The standard InChI is InChI=1S/C22H27N3O6S2/c1-31-20-11-6-17(16-21(20)33(29,30)25-14-4-5-15-25)22(26)23-18-7-9-19(10-8-18)32(27,28)24-12-2-3-13-24/h6-11,16H,2-5,12-15H2,1H3,(H,23,26). The van der Waals surface area contributed by atoms with Crippen LogP contribution in [0, 0.1) is 0 Å². The highest BCUT2D eigenvalue weighted by molar-refractivity contribution is 7.89. The van der Waals surface area contributed by atoms with E-state index in [-0.39, 0.29) is 21.1 Å². The number of carbonyl (C=O) groups excluding carboxylic acids is 1. The van der Waals surface area contributed by atoms with Crippen LogP contribution in [-0.4, -0.2) is 64.6 Å². The maximum absolute atomic E-state index is 13.0. The normalized spacial score (nSPS) is 17.8. The predicted octanol–water partition coefficient (Wildman–Crippen LogP) is 2.52. The molecule has 9 nitrogen and oxygen atoms in total. The van der Waals surface area contributed by atoms with Crippen molar-refractivity contribution in [2.24, 2.45) is 0 Å². The molecule has 33 heavy (non-hydrogen) atoms. The summed E-state index contributed by atoms with van der Waals surface area (Å²) in [5.41, 5.74) is 0.558. The molecule has 0 unspecified atom stereocenters. The zero-order valence-corrected chi connectivity index (χ0v) is 20.0. The first-order valence-electron chi connectivity index (χ1n) is 10.8. The van der Waals surface area contributed by atoms with Crippen molar-refractivity contribution in [1.82, 2.24) is 8.61 Å². The van der Waals surface area contributed by atoms with E-state index >= 15 is 0 Å². The summed E-state index contributed by atoms with van der Waals surface area (Å²) in [5, 5.41) is 2.70. The second-order valence-corrected chi connectivity index (χ2v) is 11.9. The van der Waals surface area contributed by atoms with Crippen molar-refractivity contribution in [3.05, 3.63) is 48.0 Å². The third-order valence-electron chi connectivity index (χ3n) is 5.92. The Balaban J connectivity index is 1.54. The number of nitrogens with one attached hydrogen (secondary N) is 1. The van der Waals surface area contributed by atoms with Crippen molar-refractivity contribution < 1.29 is 26.4 Å². The van der Waals surface area contributed by atoms with Crippen LogP contribution in [0.15, 0.2) is 52.3 Å². The number of ether oxygens (including phenoxy) is 1. The molecule has 2 aliphatic heterocycles. The molecule has 178 valence electrons. The fourth-order valence-electron chi connectivity index (χ4n) is 4.08. The second kappa shape index (κ2) is 9.41. The highest BCUT2D eigenvalue weighted by atomic mass is 32.2. The maximum Gasteiger partial charge on any atom is 0.255 e. The molecule has 2 aromatic rings. The number of benzene rings is 2. The number of hydrogen-bond acceptors (Lipinski definition) is 6. The highest BCUT2D eigenvalue weighted by Crippen LogP contribution is 2.30. The first-order chi connectivity index (χ1) is 15.7. The van der Waals surface area contributed by atoms with Gasteiger partial charge in [0.25, 0.3) is 5.91 Å². The molecular weight excluding hydrogens is 466 g/mol. The summed E-state index contributed by atoms with van der Waals surface area (Å²) in [6, 6.07) is 10.2. The maximum atomic E-state index is 13.0. The molecule has 2 aromatic carbocycles. The minimum absolute atomic E-state index is 0.0494. The van der Waals surface area contributed by atoms with Crippen molar-refractivity contribution in [3.63, 3.8) is 0 Å². The molecule has 2 saturated heterocycles. The molecule has 4 rings (SSSR count). The van der Waals surface area contributed by atoms with Gasteiger partial charge in [0.2, 0.25) is 20.0 Å². The fraction of sp³-hybridized carbons (Fsp3) is 0.409. The summed E-state index contributed by atoms with van der Waals surface area (Å²) >= 11 is 0. The van der Waals surface area contributed by atoms with Gasteiger partial charge in [0.1, 0.15) is 10.6 Å². The first-order valence-corrected chi connectivity index (χ1v) is 13.7. The molecule has 0 bridgehead atoms. The van der Waals surface area contributed by atoms with Crippen molar-refractivity contribution >= 4 is 31.6 Å². The number of nitrogens with zero attached hydrogens (tertiary/aromatic N) is 2. The van der Waals surface area contributed by atoms with E-state index in [1.165, 1.54) is 58.2 Å². The largest absolute Gasteiger partial charge is 0.495 e. The number of carbonyl (C=O) groups is 1. The van der Waals surface area contributed by atoms with E-state index in [0.29, 0.717) is 31.9 Å². The molecule has 0 saturated carbocycles. The van der Waals surface area contributed by atoms with Crippen LogP contribution in [0.2, 0.25) is 0 Å². The molecule has 2 heterocycles. The van der Waals surface area contributed by atoms with Crippen LogP contribution in [0.3, 0.4) is 0 Å². The Morgan fingerprint density at radius 3 is 1.91 bits per heavy atom. The number of sulfonamides is 2. The molecule has 11 heteroatoms. The number of amides is 1. The molecule has 2 fully saturated rings. The van der Waals surface area contributed by atoms with Gasteiger partial charge in [-0.1, -0.05) is 0 Å². The van der Waals surface area contributed by atoms with E-state index in [4.69, 9.17) is 4.74 Å². The summed E-state index contributed by atoms with van der Waals surface area (Å²) in [4.78, 5) is 12.9. The van der Waals surface area contributed by atoms with E-state index in [1.807, 2.05) is 0 Å². The van der Waals surface area contributed by atoms with Crippen LogP contribution < -0.4 is 10.1 Å². The van der Waals surface area contributed by atoms with E-state index in [9.17, 15) is 21.6 Å². The summed E-state index contributed by atoms with van der Waals surface area (Å²) in [7, 11) is -5.94. The van der Waals surface area contributed by atoms with Gasteiger partial charge in [-0.05, 0) is 68.1 Å². The quantitative estimate of drug-likeness (QED) is 0.634. The van der Waals surface area contributed by atoms with Crippen LogP contribution in [0.5, 0.6) is 5.75 Å². The topological polar surface area (TPSA) is 113 Å².